The van der Waals surface area contributed by atoms with Crippen LogP contribution < -0.4 is 0 Å². The molecular formula is C25H22N4O2. The Morgan fingerprint density at radius 1 is 0.968 bits per heavy atom. The minimum absolute atomic E-state index is 0.395. The number of aryl methyl sites for hydroxylation is 1. The molecule has 5 unspecified atom stereocenters. The second-order valence-corrected chi connectivity index (χ2v) is 8.38. The van der Waals surface area contributed by atoms with Gasteiger partial charge in [0.25, 0.3) is 0 Å². The largest absolute Gasteiger partial charge is 0.443 e. The van der Waals surface area contributed by atoms with Gasteiger partial charge in [0, 0.05) is 11.5 Å². The Labute approximate surface area is 181 Å². The highest BCUT2D eigenvalue weighted by Crippen LogP contribution is 2.67. The number of nitrogens with zero attached hydrogens (tertiary/aromatic N) is 3. The van der Waals surface area contributed by atoms with E-state index >= 15 is 0 Å². The molecule has 2 aromatic rings. The van der Waals surface area contributed by atoms with Crippen LogP contribution in [0.25, 0.3) is 0 Å². The zero-order valence-electron chi connectivity index (χ0n) is 17.6. The molecule has 31 heavy (non-hydrogen) atoms. The predicted molar refractivity (Wildman–Crippen MR) is 112 cm³/mol. The van der Waals surface area contributed by atoms with Gasteiger partial charge in [-0.2, -0.15) is 15.8 Å². The lowest BCUT2D eigenvalue weighted by atomic mass is 9.52. The Morgan fingerprint density at radius 2 is 1.58 bits per heavy atom. The van der Waals surface area contributed by atoms with Crippen LogP contribution in [-0.2, 0) is 15.3 Å². The summed E-state index contributed by atoms with van der Waals surface area (Å²) in [5.74, 6) is -2.99. The normalized spacial score (nSPS) is 31.5. The molecule has 2 aliphatic heterocycles. The van der Waals surface area contributed by atoms with Gasteiger partial charge in [-0.1, -0.05) is 74.0 Å². The van der Waals surface area contributed by atoms with E-state index in [0.29, 0.717) is 5.56 Å². The van der Waals surface area contributed by atoms with Gasteiger partial charge in [0.05, 0.1) is 24.1 Å². The van der Waals surface area contributed by atoms with Gasteiger partial charge in [-0.25, -0.2) is 0 Å². The first-order chi connectivity index (χ1) is 14.8. The van der Waals surface area contributed by atoms with Gasteiger partial charge in [-0.15, -0.1) is 0 Å². The highest BCUT2D eigenvalue weighted by Gasteiger charge is 2.80. The Balaban J connectivity index is 1.99. The maximum atomic E-state index is 10.4. The van der Waals surface area contributed by atoms with E-state index in [4.69, 9.17) is 14.9 Å². The third kappa shape index (κ3) is 2.42. The summed E-state index contributed by atoms with van der Waals surface area (Å²) in [6.07, 6.45) is -0.995. The van der Waals surface area contributed by atoms with Crippen molar-refractivity contribution in [3.05, 3.63) is 71.3 Å². The summed E-state index contributed by atoms with van der Waals surface area (Å²) in [5.41, 5.74) is -1.12. The summed E-state index contributed by atoms with van der Waals surface area (Å²) in [6, 6.07) is 23.3. The van der Waals surface area contributed by atoms with E-state index in [1.165, 1.54) is 0 Å². The van der Waals surface area contributed by atoms with Crippen LogP contribution in [0.3, 0.4) is 0 Å². The first-order valence-corrected chi connectivity index (χ1v) is 10.1. The van der Waals surface area contributed by atoms with E-state index in [-0.39, 0.29) is 0 Å². The summed E-state index contributed by atoms with van der Waals surface area (Å²) in [5, 5.41) is 39.6. The Morgan fingerprint density at radius 3 is 2.13 bits per heavy atom. The SMILES string of the molecule is Cc1ccc(C23OC(=N)C(C#N)(C2C)C(C#N)(C#N)C(C(C)c2ccccc2)O3)cc1. The molecule has 0 radical (unpaired) electrons. The maximum absolute atomic E-state index is 10.4. The fourth-order valence-electron chi connectivity index (χ4n) is 5.09. The molecule has 6 nitrogen and oxygen atoms in total. The molecule has 5 atom stereocenters. The summed E-state index contributed by atoms with van der Waals surface area (Å²) in [7, 11) is 0. The smallest absolute Gasteiger partial charge is 0.243 e. The maximum Gasteiger partial charge on any atom is 0.243 e. The molecule has 2 saturated heterocycles. The zero-order chi connectivity index (χ0) is 22.4. The van der Waals surface area contributed by atoms with Gasteiger partial charge in [0.1, 0.15) is 6.10 Å². The first kappa shape index (κ1) is 20.6. The monoisotopic (exact) mass is 410 g/mol. The molecule has 6 heteroatoms. The number of hydrogen-bond donors (Lipinski definition) is 1. The number of benzene rings is 2. The minimum atomic E-state index is -1.92. The van der Waals surface area contributed by atoms with Gasteiger partial charge >= 0.3 is 0 Å². The van der Waals surface area contributed by atoms with Gasteiger partial charge < -0.3 is 9.47 Å². The summed E-state index contributed by atoms with van der Waals surface area (Å²) in [4.78, 5) is 0. The van der Waals surface area contributed by atoms with Gasteiger partial charge in [-0.05, 0) is 12.5 Å². The van der Waals surface area contributed by atoms with E-state index < -0.39 is 40.5 Å². The second kappa shape index (κ2) is 6.95. The van der Waals surface area contributed by atoms with Crippen LogP contribution in [0, 0.1) is 63.1 Å². The average Bonchev–Trinajstić information content (AvgIpc) is 2.96. The standard InChI is InChI=1S/C25H22N4O2/c1-16-9-11-20(12-10-16)25-18(3)24(15-28,22(29)31-25)23(13-26,14-27)21(30-25)17(2)19-7-5-4-6-8-19/h4-12,17-18,21,29H,1-3H3. The van der Waals surface area contributed by atoms with E-state index in [1.54, 1.807) is 6.92 Å². The number of nitrogens with one attached hydrogen (secondary N) is 1. The molecule has 1 N–H and O–H groups in total. The van der Waals surface area contributed by atoms with Gasteiger partial charge in [0.15, 0.2) is 10.8 Å². The van der Waals surface area contributed by atoms with Crippen LogP contribution in [-0.4, -0.2) is 12.0 Å². The van der Waals surface area contributed by atoms with E-state index in [0.717, 1.165) is 11.1 Å². The third-order valence-corrected chi connectivity index (χ3v) is 6.94. The number of rotatable bonds is 3. The lowest BCUT2D eigenvalue weighted by molar-refractivity contribution is -0.289. The van der Waals surface area contributed by atoms with Crippen LogP contribution in [0.5, 0.6) is 0 Å². The number of nitriles is 3. The summed E-state index contributed by atoms with van der Waals surface area (Å²) in [6.45, 7) is 5.55. The fraction of sp³-hybridized carbons (Fsp3) is 0.360. The topological polar surface area (TPSA) is 114 Å². The molecule has 2 heterocycles. The molecule has 0 saturated carbocycles. The van der Waals surface area contributed by atoms with E-state index in [1.807, 2.05) is 68.4 Å². The van der Waals surface area contributed by atoms with Crippen LogP contribution in [0.1, 0.15) is 36.5 Å². The fourth-order valence-corrected chi connectivity index (χ4v) is 5.09. The molecule has 0 aromatic heterocycles. The molecular weight excluding hydrogens is 388 g/mol. The molecule has 0 amide bonds. The lowest BCUT2D eigenvalue weighted by Gasteiger charge is -2.50. The van der Waals surface area contributed by atoms with Gasteiger partial charge in [0.2, 0.25) is 11.7 Å². The number of fused-ring (bicyclic) bond motifs is 2. The van der Waals surface area contributed by atoms with Crippen LogP contribution in [0.2, 0.25) is 0 Å². The van der Waals surface area contributed by atoms with Crippen molar-refractivity contribution in [2.45, 2.75) is 38.6 Å². The van der Waals surface area contributed by atoms with Crippen molar-refractivity contribution in [1.82, 2.24) is 0 Å². The molecule has 0 spiro atoms. The predicted octanol–water partition coefficient (Wildman–Crippen LogP) is 4.54. The number of ether oxygens (including phenoxy) is 2. The molecule has 154 valence electrons. The summed E-state index contributed by atoms with van der Waals surface area (Å²) < 4.78 is 12.6. The molecule has 2 aromatic carbocycles. The zero-order valence-corrected chi connectivity index (χ0v) is 17.6. The lowest BCUT2D eigenvalue weighted by Crippen LogP contribution is -2.62. The minimum Gasteiger partial charge on any atom is -0.443 e. The second-order valence-electron chi connectivity index (χ2n) is 8.38. The van der Waals surface area contributed by atoms with Crippen molar-refractivity contribution < 1.29 is 9.47 Å². The third-order valence-electron chi connectivity index (χ3n) is 6.94. The van der Waals surface area contributed by atoms with Crippen LogP contribution in [0.4, 0.5) is 0 Å². The number of hydrogen-bond acceptors (Lipinski definition) is 6. The van der Waals surface area contributed by atoms with Crippen molar-refractivity contribution in [2.24, 2.45) is 16.7 Å². The molecule has 2 bridgehead atoms. The van der Waals surface area contributed by atoms with Crippen molar-refractivity contribution in [3.8, 4) is 18.2 Å². The van der Waals surface area contributed by atoms with E-state index in [9.17, 15) is 15.8 Å². The molecule has 2 fully saturated rings. The van der Waals surface area contributed by atoms with Gasteiger partial charge in [-0.3, -0.25) is 5.41 Å². The average molecular weight is 410 g/mol. The highest BCUT2D eigenvalue weighted by atomic mass is 16.7. The van der Waals surface area contributed by atoms with Crippen LogP contribution in [0.15, 0.2) is 54.6 Å². The van der Waals surface area contributed by atoms with Crippen molar-refractivity contribution in [3.63, 3.8) is 0 Å². The molecule has 2 aliphatic rings. The Kier molecular flexibility index (Phi) is 4.62. The first-order valence-electron chi connectivity index (χ1n) is 10.1. The molecule has 0 aliphatic carbocycles. The van der Waals surface area contributed by atoms with Crippen molar-refractivity contribution in [1.29, 1.82) is 21.2 Å². The Hall–Kier alpha value is -3.66. The summed E-state index contributed by atoms with van der Waals surface area (Å²) >= 11 is 0. The quantitative estimate of drug-likeness (QED) is 0.798. The van der Waals surface area contributed by atoms with Crippen molar-refractivity contribution >= 4 is 5.90 Å². The van der Waals surface area contributed by atoms with E-state index in [2.05, 4.69) is 18.2 Å². The Bertz CT molecular complexity index is 1140. The molecule has 4 rings (SSSR count). The van der Waals surface area contributed by atoms with Crippen LogP contribution >= 0.6 is 0 Å². The highest BCUT2D eigenvalue weighted by molar-refractivity contribution is 5.89. The van der Waals surface area contributed by atoms with Crippen molar-refractivity contribution in [2.75, 3.05) is 0 Å².